The van der Waals surface area contributed by atoms with Crippen LogP contribution in [0.25, 0.3) is 16.5 Å². The van der Waals surface area contributed by atoms with Gasteiger partial charge in [-0.2, -0.15) is 0 Å². The maximum absolute atomic E-state index is 10.7. The van der Waals surface area contributed by atoms with Crippen LogP contribution in [0, 0.1) is 0 Å². The van der Waals surface area contributed by atoms with Crippen LogP contribution in [0.4, 0.5) is 0 Å². The van der Waals surface area contributed by atoms with E-state index in [1.54, 1.807) is 0 Å². The number of carbonyl (C=O) groups is 1. The van der Waals surface area contributed by atoms with Gasteiger partial charge in [-0.25, -0.2) is 4.79 Å². The Labute approximate surface area is 99.8 Å². The Balaban J connectivity index is 2.58. The first kappa shape index (κ1) is 11.5. The molecule has 0 atom stereocenters. The number of hydrogen-bond donors (Lipinski definition) is 2. The monoisotopic (exact) mass is 229 g/mol. The normalized spacial score (nSPS) is 12.0. The van der Waals surface area contributed by atoms with Gasteiger partial charge in [0.2, 0.25) is 0 Å². The van der Waals surface area contributed by atoms with E-state index in [0.717, 1.165) is 28.5 Å². The van der Waals surface area contributed by atoms with Gasteiger partial charge in [0.05, 0.1) is 0 Å². The SMILES string of the molecule is CCc1ccc2[nH]cc(/C(C)=C/C(=O)O)c2c1. The van der Waals surface area contributed by atoms with Crippen LogP contribution < -0.4 is 0 Å². The van der Waals surface area contributed by atoms with Gasteiger partial charge in [-0.1, -0.05) is 13.0 Å². The smallest absolute Gasteiger partial charge is 0.328 e. The molecule has 0 spiro atoms. The van der Waals surface area contributed by atoms with Crippen molar-refractivity contribution < 1.29 is 9.90 Å². The molecule has 2 aromatic rings. The van der Waals surface area contributed by atoms with Crippen molar-refractivity contribution in [2.75, 3.05) is 0 Å². The molecule has 0 aliphatic carbocycles. The quantitative estimate of drug-likeness (QED) is 0.794. The third-order valence-corrected chi connectivity index (χ3v) is 2.92. The van der Waals surface area contributed by atoms with Crippen molar-refractivity contribution in [3.8, 4) is 0 Å². The zero-order valence-corrected chi connectivity index (χ0v) is 9.95. The molecule has 0 radical (unpaired) electrons. The summed E-state index contributed by atoms with van der Waals surface area (Å²) in [7, 11) is 0. The van der Waals surface area contributed by atoms with Crippen LogP contribution in [0.1, 0.15) is 25.0 Å². The molecule has 0 saturated carbocycles. The molecule has 17 heavy (non-hydrogen) atoms. The van der Waals surface area contributed by atoms with Crippen LogP contribution in [0.5, 0.6) is 0 Å². The lowest BCUT2D eigenvalue weighted by Crippen LogP contribution is -1.89. The zero-order valence-electron chi connectivity index (χ0n) is 9.95. The first-order valence-corrected chi connectivity index (χ1v) is 5.63. The molecular weight excluding hydrogens is 214 g/mol. The van der Waals surface area contributed by atoms with Crippen LogP contribution in [-0.2, 0) is 11.2 Å². The topological polar surface area (TPSA) is 53.1 Å². The summed E-state index contributed by atoms with van der Waals surface area (Å²) in [4.78, 5) is 13.8. The van der Waals surface area contributed by atoms with Gasteiger partial charge >= 0.3 is 5.97 Å². The number of aryl methyl sites for hydroxylation is 1. The van der Waals surface area contributed by atoms with Crippen molar-refractivity contribution in [2.24, 2.45) is 0 Å². The van der Waals surface area contributed by atoms with Gasteiger partial charge in [0.1, 0.15) is 0 Å². The van der Waals surface area contributed by atoms with E-state index in [1.165, 1.54) is 11.6 Å². The second kappa shape index (κ2) is 4.45. The summed E-state index contributed by atoms with van der Waals surface area (Å²) >= 11 is 0. The summed E-state index contributed by atoms with van der Waals surface area (Å²) in [6.45, 7) is 3.92. The van der Waals surface area contributed by atoms with E-state index in [4.69, 9.17) is 5.11 Å². The molecule has 88 valence electrons. The highest BCUT2D eigenvalue weighted by Gasteiger charge is 2.06. The number of aliphatic carboxylic acids is 1. The lowest BCUT2D eigenvalue weighted by Gasteiger charge is -2.00. The van der Waals surface area contributed by atoms with E-state index in [-0.39, 0.29) is 0 Å². The molecule has 0 saturated heterocycles. The van der Waals surface area contributed by atoms with Crippen molar-refractivity contribution >= 4 is 22.4 Å². The van der Waals surface area contributed by atoms with Crippen LogP contribution in [-0.4, -0.2) is 16.1 Å². The third kappa shape index (κ3) is 2.23. The van der Waals surface area contributed by atoms with E-state index in [0.29, 0.717) is 0 Å². The summed E-state index contributed by atoms with van der Waals surface area (Å²) in [5.74, 6) is -0.913. The number of hydrogen-bond acceptors (Lipinski definition) is 1. The lowest BCUT2D eigenvalue weighted by molar-refractivity contribution is -0.131. The molecule has 3 nitrogen and oxygen atoms in total. The average molecular weight is 229 g/mol. The Morgan fingerprint density at radius 2 is 2.24 bits per heavy atom. The summed E-state index contributed by atoms with van der Waals surface area (Å²) in [6, 6.07) is 6.23. The van der Waals surface area contributed by atoms with Crippen molar-refractivity contribution in [3.63, 3.8) is 0 Å². The van der Waals surface area contributed by atoms with E-state index in [9.17, 15) is 4.79 Å². The molecule has 0 aliphatic heterocycles. The molecule has 0 amide bonds. The van der Waals surface area contributed by atoms with Crippen molar-refractivity contribution in [3.05, 3.63) is 41.6 Å². The minimum absolute atomic E-state index is 0.761. The lowest BCUT2D eigenvalue weighted by atomic mass is 10.0. The second-order valence-electron chi connectivity index (χ2n) is 4.10. The maximum atomic E-state index is 10.7. The van der Waals surface area contributed by atoms with Crippen LogP contribution >= 0.6 is 0 Å². The van der Waals surface area contributed by atoms with Gasteiger partial charge in [-0.15, -0.1) is 0 Å². The highest BCUT2D eigenvalue weighted by atomic mass is 16.4. The second-order valence-corrected chi connectivity index (χ2v) is 4.10. The van der Waals surface area contributed by atoms with Gasteiger partial charge in [0, 0.05) is 28.7 Å². The molecule has 0 unspecified atom stereocenters. The van der Waals surface area contributed by atoms with E-state index < -0.39 is 5.97 Å². The fourth-order valence-corrected chi connectivity index (χ4v) is 1.98. The van der Waals surface area contributed by atoms with Crippen molar-refractivity contribution in [2.45, 2.75) is 20.3 Å². The molecule has 0 fully saturated rings. The molecule has 0 bridgehead atoms. The van der Waals surface area contributed by atoms with Gasteiger partial charge in [-0.05, 0) is 36.6 Å². The van der Waals surface area contributed by atoms with E-state index >= 15 is 0 Å². The predicted molar refractivity (Wildman–Crippen MR) is 69.0 cm³/mol. The number of H-pyrrole nitrogens is 1. The number of carboxylic acids is 1. The molecule has 3 heteroatoms. The molecular formula is C14H15NO2. The van der Waals surface area contributed by atoms with Gasteiger partial charge < -0.3 is 10.1 Å². The van der Waals surface area contributed by atoms with Crippen LogP contribution in [0.3, 0.4) is 0 Å². The Kier molecular flexibility index (Phi) is 3.00. The fourth-order valence-electron chi connectivity index (χ4n) is 1.98. The molecule has 2 N–H and O–H groups in total. The summed E-state index contributed by atoms with van der Waals surface area (Å²) in [5, 5.41) is 9.85. The standard InChI is InChI=1S/C14H15NO2/c1-3-10-4-5-13-11(7-10)12(8-15-13)9(2)6-14(16)17/h4-8,15H,3H2,1-2H3,(H,16,17)/b9-6+. The number of benzene rings is 1. The van der Waals surface area contributed by atoms with Crippen molar-refractivity contribution in [1.29, 1.82) is 0 Å². The van der Waals surface area contributed by atoms with Crippen LogP contribution in [0.2, 0.25) is 0 Å². The number of carboxylic acid groups (broad SMARTS) is 1. The minimum Gasteiger partial charge on any atom is -0.478 e. The molecule has 1 heterocycles. The Bertz CT molecular complexity index is 593. The Morgan fingerprint density at radius 3 is 2.88 bits per heavy atom. The first-order chi connectivity index (χ1) is 8.11. The maximum Gasteiger partial charge on any atom is 0.328 e. The highest BCUT2D eigenvalue weighted by molar-refractivity contribution is 5.97. The number of fused-ring (bicyclic) bond motifs is 1. The molecule has 0 aliphatic rings. The first-order valence-electron chi connectivity index (χ1n) is 5.63. The fraction of sp³-hybridized carbons (Fsp3) is 0.214. The third-order valence-electron chi connectivity index (χ3n) is 2.92. The van der Waals surface area contributed by atoms with Gasteiger partial charge in [-0.3, -0.25) is 0 Å². The summed E-state index contributed by atoms with van der Waals surface area (Å²) in [6.07, 6.45) is 4.07. The number of allylic oxidation sites excluding steroid dienone is 1. The van der Waals surface area contributed by atoms with E-state index in [1.807, 2.05) is 19.2 Å². The summed E-state index contributed by atoms with van der Waals surface area (Å²) < 4.78 is 0. The summed E-state index contributed by atoms with van der Waals surface area (Å²) in [5.41, 5.74) is 4.01. The highest BCUT2D eigenvalue weighted by Crippen LogP contribution is 2.25. The molecule has 2 rings (SSSR count). The largest absolute Gasteiger partial charge is 0.478 e. The predicted octanol–water partition coefficient (Wildman–Crippen LogP) is 3.22. The number of rotatable bonds is 3. The van der Waals surface area contributed by atoms with Gasteiger partial charge in [0.25, 0.3) is 0 Å². The Morgan fingerprint density at radius 1 is 1.47 bits per heavy atom. The number of nitrogens with one attached hydrogen (secondary N) is 1. The van der Waals surface area contributed by atoms with Crippen molar-refractivity contribution in [1.82, 2.24) is 4.98 Å². The molecule has 1 aromatic carbocycles. The minimum atomic E-state index is -0.913. The average Bonchev–Trinajstić information content (AvgIpc) is 2.70. The van der Waals surface area contributed by atoms with Crippen LogP contribution in [0.15, 0.2) is 30.5 Å². The zero-order chi connectivity index (χ0) is 12.4. The van der Waals surface area contributed by atoms with Gasteiger partial charge in [0.15, 0.2) is 0 Å². The molecule has 1 aromatic heterocycles. The number of aromatic nitrogens is 1. The Hall–Kier alpha value is -2.03. The number of aromatic amines is 1. The van der Waals surface area contributed by atoms with E-state index in [2.05, 4.69) is 24.0 Å².